The molecule has 5 rings (SSSR count). The first-order chi connectivity index (χ1) is 15.9. The molecule has 168 valence electrons. The average molecular weight is 482 g/mol. The molecule has 0 aliphatic carbocycles. The van der Waals surface area contributed by atoms with Gasteiger partial charge < -0.3 is 14.2 Å². The summed E-state index contributed by atoms with van der Waals surface area (Å²) in [5, 5.41) is 1.06. The van der Waals surface area contributed by atoms with Gasteiger partial charge in [0.05, 0.1) is 22.7 Å². The Labute approximate surface area is 202 Å². The maximum absolute atomic E-state index is 13.2. The molecule has 0 atom stereocenters. The predicted octanol–water partition coefficient (Wildman–Crippen LogP) is 6.28. The van der Waals surface area contributed by atoms with Gasteiger partial charge in [0, 0.05) is 29.8 Å². The summed E-state index contributed by atoms with van der Waals surface area (Å²) in [6.07, 6.45) is 1.72. The first kappa shape index (κ1) is 21.8. The minimum atomic E-state index is -0.150. The number of Topliss-reactive ketones (excluding diaryl/α,β-unsaturated/α-hetero) is 1. The fraction of sp³-hybridized carbons (Fsp3) is 0.192. The third kappa shape index (κ3) is 4.08. The van der Waals surface area contributed by atoms with Gasteiger partial charge in [0.1, 0.15) is 24.0 Å². The van der Waals surface area contributed by atoms with Crippen LogP contribution >= 0.6 is 23.2 Å². The fourth-order valence-corrected chi connectivity index (χ4v) is 4.54. The van der Waals surface area contributed by atoms with Gasteiger partial charge >= 0.3 is 0 Å². The molecular formula is C26H21Cl2NO4. The number of nitrogens with zero attached hydrogens (tertiary/aromatic N) is 1. The van der Waals surface area contributed by atoms with Gasteiger partial charge in [0.2, 0.25) is 5.78 Å². The molecule has 5 nitrogen and oxygen atoms in total. The molecule has 0 radical (unpaired) electrons. The molecule has 2 aliphatic rings. The molecule has 0 spiro atoms. The molecule has 2 aliphatic heterocycles. The third-order valence-electron chi connectivity index (χ3n) is 5.82. The number of hydrogen-bond donors (Lipinski definition) is 0. The smallest absolute Gasteiger partial charge is 0.231 e. The van der Waals surface area contributed by atoms with E-state index in [-0.39, 0.29) is 11.5 Å². The summed E-state index contributed by atoms with van der Waals surface area (Å²) in [5.41, 5.74) is 4.15. The van der Waals surface area contributed by atoms with Crippen LogP contribution in [0.1, 0.15) is 32.6 Å². The molecule has 0 saturated carbocycles. The second-order valence-electron chi connectivity index (χ2n) is 8.06. The molecule has 0 bridgehead atoms. The van der Waals surface area contributed by atoms with Crippen LogP contribution in [0.15, 0.2) is 54.3 Å². The number of ketones is 1. The standard InChI is InChI=1S/C26H21Cl2NO4/c1-15-25-18(13-29(14-32-25)12-16-7-8-20(27)21(28)9-16)10-19-24(30)23(33-26(15)19)11-17-5-3-4-6-22(17)31-2/h3-11H,12-14H2,1-2H3/b23-11-. The Morgan fingerprint density at radius 2 is 1.91 bits per heavy atom. The van der Waals surface area contributed by atoms with Gasteiger partial charge in [0.15, 0.2) is 5.76 Å². The van der Waals surface area contributed by atoms with Gasteiger partial charge in [-0.25, -0.2) is 0 Å². The van der Waals surface area contributed by atoms with Crippen LogP contribution in [0.4, 0.5) is 0 Å². The summed E-state index contributed by atoms with van der Waals surface area (Å²) in [5.74, 6) is 2.12. The molecule has 7 heteroatoms. The Kier molecular flexibility index (Phi) is 5.79. The number of ether oxygens (including phenoxy) is 3. The topological polar surface area (TPSA) is 48.0 Å². The van der Waals surface area contributed by atoms with Crippen molar-refractivity contribution in [3.8, 4) is 17.2 Å². The number of fused-ring (bicyclic) bond motifs is 2. The van der Waals surface area contributed by atoms with E-state index >= 15 is 0 Å². The molecule has 0 amide bonds. The van der Waals surface area contributed by atoms with Crippen LogP contribution in [0.25, 0.3) is 6.08 Å². The predicted molar refractivity (Wildman–Crippen MR) is 128 cm³/mol. The van der Waals surface area contributed by atoms with E-state index in [4.69, 9.17) is 37.4 Å². The van der Waals surface area contributed by atoms with Gasteiger partial charge in [-0.1, -0.05) is 47.5 Å². The van der Waals surface area contributed by atoms with E-state index < -0.39 is 0 Å². The summed E-state index contributed by atoms with van der Waals surface area (Å²) >= 11 is 12.2. The van der Waals surface area contributed by atoms with Gasteiger partial charge in [-0.3, -0.25) is 9.69 Å². The van der Waals surface area contributed by atoms with E-state index in [1.165, 1.54) is 0 Å². The number of para-hydroxylation sites is 1. The zero-order chi connectivity index (χ0) is 23.1. The zero-order valence-corrected chi connectivity index (χ0v) is 19.7. The van der Waals surface area contributed by atoms with Crippen LogP contribution in [0.2, 0.25) is 10.0 Å². The Morgan fingerprint density at radius 3 is 2.70 bits per heavy atom. The van der Waals surface area contributed by atoms with Gasteiger partial charge in [-0.2, -0.15) is 0 Å². The molecule has 33 heavy (non-hydrogen) atoms. The Hall–Kier alpha value is -2.99. The second kappa shape index (κ2) is 8.75. The number of benzene rings is 3. The van der Waals surface area contributed by atoms with Crippen LogP contribution in [-0.4, -0.2) is 24.5 Å². The fourth-order valence-electron chi connectivity index (χ4n) is 4.22. The van der Waals surface area contributed by atoms with E-state index in [2.05, 4.69) is 4.90 Å². The first-order valence-electron chi connectivity index (χ1n) is 10.5. The van der Waals surface area contributed by atoms with Crippen molar-refractivity contribution in [3.63, 3.8) is 0 Å². The number of rotatable bonds is 4. The van der Waals surface area contributed by atoms with Crippen molar-refractivity contribution in [2.45, 2.75) is 20.0 Å². The largest absolute Gasteiger partial charge is 0.496 e. The Morgan fingerprint density at radius 1 is 1.09 bits per heavy atom. The highest BCUT2D eigenvalue weighted by Gasteiger charge is 2.33. The van der Waals surface area contributed by atoms with Crippen molar-refractivity contribution in [2.24, 2.45) is 0 Å². The van der Waals surface area contributed by atoms with Gasteiger partial charge in [-0.15, -0.1) is 0 Å². The molecule has 2 heterocycles. The number of halogens is 2. The molecular weight excluding hydrogens is 461 g/mol. The van der Waals surface area contributed by atoms with E-state index in [0.717, 1.165) is 28.0 Å². The zero-order valence-electron chi connectivity index (χ0n) is 18.2. The van der Waals surface area contributed by atoms with Crippen molar-refractivity contribution in [2.75, 3.05) is 13.8 Å². The van der Waals surface area contributed by atoms with E-state index in [0.29, 0.717) is 46.9 Å². The van der Waals surface area contributed by atoms with Crippen molar-refractivity contribution in [3.05, 3.63) is 92.2 Å². The van der Waals surface area contributed by atoms with Crippen molar-refractivity contribution in [1.82, 2.24) is 4.90 Å². The molecule has 0 unspecified atom stereocenters. The SMILES string of the molecule is COc1ccccc1/C=C1\Oc2c(cc3c(c2C)OCN(Cc2ccc(Cl)c(Cl)c2)C3)C1=O. The maximum Gasteiger partial charge on any atom is 0.231 e. The minimum Gasteiger partial charge on any atom is -0.496 e. The lowest BCUT2D eigenvalue weighted by atomic mass is 9.99. The van der Waals surface area contributed by atoms with Crippen molar-refractivity contribution >= 4 is 35.1 Å². The van der Waals surface area contributed by atoms with Crippen molar-refractivity contribution in [1.29, 1.82) is 0 Å². The lowest BCUT2D eigenvalue weighted by Crippen LogP contribution is -2.32. The third-order valence-corrected chi connectivity index (χ3v) is 6.56. The second-order valence-corrected chi connectivity index (χ2v) is 8.87. The number of methoxy groups -OCH3 is 1. The first-order valence-corrected chi connectivity index (χ1v) is 11.2. The number of carbonyl (C=O) groups is 1. The van der Waals surface area contributed by atoms with Crippen LogP contribution in [0.3, 0.4) is 0 Å². The maximum atomic E-state index is 13.2. The highest BCUT2D eigenvalue weighted by Crippen LogP contribution is 2.43. The molecule has 0 N–H and O–H groups in total. The summed E-state index contributed by atoms with van der Waals surface area (Å²) in [6, 6.07) is 15.0. The molecule has 0 aromatic heterocycles. The van der Waals surface area contributed by atoms with E-state index in [9.17, 15) is 4.79 Å². The molecule has 0 saturated heterocycles. The average Bonchev–Trinajstić information content (AvgIpc) is 3.12. The van der Waals surface area contributed by atoms with Crippen LogP contribution in [-0.2, 0) is 13.1 Å². The summed E-state index contributed by atoms with van der Waals surface area (Å²) in [6.45, 7) is 3.63. The molecule has 0 fully saturated rings. The quantitative estimate of drug-likeness (QED) is 0.410. The van der Waals surface area contributed by atoms with Crippen molar-refractivity contribution < 1.29 is 19.0 Å². The number of carbonyl (C=O) groups excluding carboxylic acids is 1. The monoisotopic (exact) mass is 481 g/mol. The van der Waals surface area contributed by atoms with Crippen LogP contribution in [0, 0.1) is 6.92 Å². The lowest BCUT2D eigenvalue weighted by molar-refractivity contribution is 0.0876. The normalized spacial score (nSPS) is 16.2. The molecule has 3 aromatic rings. The van der Waals surface area contributed by atoms with E-state index in [1.54, 1.807) is 19.3 Å². The highest BCUT2D eigenvalue weighted by molar-refractivity contribution is 6.42. The number of allylic oxidation sites excluding steroid dienone is 1. The van der Waals surface area contributed by atoms with Gasteiger partial charge in [-0.05, 0) is 42.8 Å². The van der Waals surface area contributed by atoms with Crippen LogP contribution < -0.4 is 14.2 Å². The van der Waals surface area contributed by atoms with Gasteiger partial charge in [0.25, 0.3) is 0 Å². The summed E-state index contributed by atoms with van der Waals surface area (Å²) < 4.78 is 17.5. The highest BCUT2D eigenvalue weighted by atomic mass is 35.5. The summed E-state index contributed by atoms with van der Waals surface area (Å²) in [4.78, 5) is 15.3. The summed E-state index contributed by atoms with van der Waals surface area (Å²) in [7, 11) is 1.60. The minimum absolute atomic E-state index is 0.150. The lowest BCUT2D eigenvalue weighted by Gasteiger charge is -2.30. The van der Waals surface area contributed by atoms with Crippen LogP contribution in [0.5, 0.6) is 17.2 Å². The Balaban J connectivity index is 1.42. The Bertz CT molecular complexity index is 1300. The molecule has 3 aromatic carbocycles. The van der Waals surface area contributed by atoms with E-state index in [1.807, 2.05) is 49.4 Å². The number of hydrogen-bond acceptors (Lipinski definition) is 5.